The summed E-state index contributed by atoms with van der Waals surface area (Å²) >= 11 is 0. The van der Waals surface area contributed by atoms with Crippen LogP contribution in [-0.2, 0) is 6.42 Å². The molecule has 1 nitrogen and oxygen atoms in total. The number of fused-ring (bicyclic) bond motifs is 1. The van der Waals surface area contributed by atoms with Gasteiger partial charge in [-0.05, 0) is 17.2 Å². The van der Waals surface area contributed by atoms with Crippen molar-refractivity contribution in [1.29, 1.82) is 0 Å². The Hall–Kier alpha value is -0.643. The van der Waals surface area contributed by atoms with Crippen LogP contribution in [0.5, 0.6) is 0 Å². The van der Waals surface area contributed by atoms with E-state index < -0.39 is 0 Å². The topological polar surface area (TPSA) is 3.24 Å². The summed E-state index contributed by atoms with van der Waals surface area (Å²) in [5.41, 5.74) is 4.22. The molecule has 1 aliphatic rings. The fourth-order valence-corrected chi connectivity index (χ4v) is 1.55. The van der Waals surface area contributed by atoms with Crippen LogP contribution < -0.4 is 0 Å². The van der Waals surface area contributed by atoms with Gasteiger partial charge in [0.25, 0.3) is 0 Å². The van der Waals surface area contributed by atoms with Gasteiger partial charge in [0.05, 0.1) is 0 Å². The monoisotopic (exact) mass is 166 g/mol. The minimum atomic E-state index is 0. The van der Waals surface area contributed by atoms with E-state index in [9.17, 15) is 0 Å². The van der Waals surface area contributed by atoms with Crippen LogP contribution in [0.15, 0.2) is 30.0 Å². The van der Waals surface area contributed by atoms with Crippen LogP contribution in [0.1, 0.15) is 11.1 Å². The minimum absolute atomic E-state index is 0. The summed E-state index contributed by atoms with van der Waals surface area (Å²) < 4.78 is 0. The van der Waals surface area contributed by atoms with Crippen molar-refractivity contribution in [1.82, 2.24) is 4.90 Å². The second-order valence-corrected chi connectivity index (χ2v) is 3.41. The number of hydrogen-bond acceptors (Lipinski definition) is 1. The molecule has 0 fully saturated rings. The molecule has 1 radical (unpaired) electrons. The average Bonchev–Trinajstić information content (AvgIpc) is 2.46. The van der Waals surface area contributed by atoms with Gasteiger partial charge >= 0.3 is 0 Å². The number of likely N-dealkylation sites (N-methyl/N-ethyl adjacent to an activating group) is 1. The first-order valence-corrected chi connectivity index (χ1v) is 4.23. The van der Waals surface area contributed by atoms with E-state index in [4.69, 9.17) is 0 Å². The molecule has 0 aromatic heterocycles. The second-order valence-electron chi connectivity index (χ2n) is 3.41. The van der Waals surface area contributed by atoms with E-state index in [1.165, 1.54) is 16.8 Å². The fourth-order valence-electron chi connectivity index (χ4n) is 1.55. The standard InChI is InChI=1S/C11H13N.Li/c1-12(2)11-7-9-5-3-4-6-10(9)8-11;/h3-7H,8H2,1-2H3;. The van der Waals surface area contributed by atoms with Gasteiger partial charge in [-0.3, -0.25) is 0 Å². The third-order valence-corrected chi connectivity index (χ3v) is 2.32. The summed E-state index contributed by atoms with van der Waals surface area (Å²) in [6, 6.07) is 8.56. The molecule has 0 aliphatic heterocycles. The predicted octanol–water partition coefficient (Wildman–Crippen LogP) is 1.76. The van der Waals surface area contributed by atoms with Crippen molar-refractivity contribution in [2.75, 3.05) is 14.1 Å². The van der Waals surface area contributed by atoms with Crippen molar-refractivity contribution in [3.8, 4) is 0 Å². The largest absolute Gasteiger partial charge is 0.381 e. The second kappa shape index (κ2) is 4.04. The molecule has 0 N–H and O–H groups in total. The van der Waals surface area contributed by atoms with Gasteiger partial charge in [-0.1, -0.05) is 24.3 Å². The van der Waals surface area contributed by atoms with E-state index in [0.29, 0.717) is 0 Å². The Balaban J connectivity index is 0.000000845. The van der Waals surface area contributed by atoms with Gasteiger partial charge in [-0.2, -0.15) is 0 Å². The molecule has 1 aromatic rings. The zero-order valence-electron chi connectivity index (χ0n) is 8.54. The van der Waals surface area contributed by atoms with Gasteiger partial charge in [-0.15, -0.1) is 0 Å². The first kappa shape index (κ1) is 10.4. The normalized spacial score (nSPS) is 12.9. The summed E-state index contributed by atoms with van der Waals surface area (Å²) in [7, 11) is 4.19. The molecule has 0 saturated heterocycles. The predicted molar refractivity (Wildman–Crippen MR) is 57.6 cm³/mol. The molecule has 2 heteroatoms. The maximum Gasteiger partial charge on any atom is 0.0178 e. The van der Waals surface area contributed by atoms with E-state index in [1.807, 2.05) is 0 Å². The zero-order valence-corrected chi connectivity index (χ0v) is 8.54. The van der Waals surface area contributed by atoms with Crippen molar-refractivity contribution in [2.45, 2.75) is 6.42 Å². The fraction of sp³-hybridized carbons (Fsp3) is 0.273. The SMILES string of the molecule is CN(C)C1=Cc2ccccc2C1.[Li]. The molecule has 0 spiro atoms. The molecular weight excluding hydrogens is 153 g/mol. The Morgan fingerprint density at radius 2 is 1.85 bits per heavy atom. The zero-order chi connectivity index (χ0) is 8.55. The molecule has 2 rings (SSSR count). The van der Waals surface area contributed by atoms with Crippen molar-refractivity contribution >= 4 is 24.9 Å². The number of benzene rings is 1. The van der Waals surface area contributed by atoms with Gasteiger partial charge < -0.3 is 4.90 Å². The molecule has 0 heterocycles. The summed E-state index contributed by atoms with van der Waals surface area (Å²) in [6.07, 6.45) is 3.35. The Bertz CT molecular complexity index is 329. The van der Waals surface area contributed by atoms with Gasteiger partial charge in [-0.25, -0.2) is 0 Å². The molecule has 0 bridgehead atoms. The van der Waals surface area contributed by atoms with Gasteiger partial charge in [0, 0.05) is 45.1 Å². The quantitative estimate of drug-likeness (QED) is 0.574. The van der Waals surface area contributed by atoms with E-state index in [0.717, 1.165) is 6.42 Å². The molecular formula is C11H13LiN. The molecule has 1 aliphatic carbocycles. The summed E-state index contributed by atoms with van der Waals surface area (Å²) in [5.74, 6) is 0. The van der Waals surface area contributed by atoms with Crippen LogP contribution >= 0.6 is 0 Å². The van der Waals surface area contributed by atoms with Crippen molar-refractivity contribution < 1.29 is 0 Å². The van der Waals surface area contributed by atoms with Gasteiger partial charge in [0.15, 0.2) is 0 Å². The Morgan fingerprint density at radius 3 is 2.46 bits per heavy atom. The molecule has 0 atom stereocenters. The Labute approximate surface area is 91.6 Å². The molecule has 0 amide bonds. The maximum absolute atomic E-state index is 2.26. The maximum atomic E-state index is 2.26. The number of rotatable bonds is 1. The first-order valence-electron chi connectivity index (χ1n) is 4.23. The molecule has 13 heavy (non-hydrogen) atoms. The van der Waals surface area contributed by atoms with Crippen molar-refractivity contribution in [3.05, 3.63) is 41.1 Å². The van der Waals surface area contributed by atoms with Crippen LogP contribution in [0, 0.1) is 0 Å². The number of allylic oxidation sites excluding steroid dienone is 1. The van der Waals surface area contributed by atoms with Crippen LogP contribution in [0.4, 0.5) is 0 Å². The van der Waals surface area contributed by atoms with Crippen molar-refractivity contribution in [3.63, 3.8) is 0 Å². The summed E-state index contributed by atoms with van der Waals surface area (Å²) in [6.45, 7) is 0. The van der Waals surface area contributed by atoms with E-state index >= 15 is 0 Å². The minimum Gasteiger partial charge on any atom is -0.381 e. The number of hydrogen-bond donors (Lipinski definition) is 0. The summed E-state index contributed by atoms with van der Waals surface area (Å²) in [4.78, 5) is 2.18. The molecule has 0 saturated carbocycles. The third kappa shape index (κ3) is 1.99. The molecule has 63 valence electrons. The van der Waals surface area contributed by atoms with E-state index in [2.05, 4.69) is 49.3 Å². The van der Waals surface area contributed by atoms with Crippen LogP contribution in [0.3, 0.4) is 0 Å². The van der Waals surface area contributed by atoms with Crippen molar-refractivity contribution in [2.24, 2.45) is 0 Å². The number of nitrogens with zero attached hydrogens (tertiary/aromatic N) is 1. The van der Waals surface area contributed by atoms with Crippen LogP contribution in [0.2, 0.25) is 0 Å². The average molecular weight is 166 g/mol. The Morgan fingerprint density at radius 1 is 1.15 bits per heavy atom. The molecule has 1 aromatic carbocycles. The smallest absolute Gasteiger partial charge is 0.0178 e. The van der Waals surface area contributed by atoms with Crippen LogP contribution in [0.25, 0.3) is 6.08 Å². The van der Waals surface area contributed by atoms with Gasteiger partial charge in [0.2, 0.25) is 0 Å². The van der Waals surface area contributed by atoms with E-state index in [-0.39, 0.29) is 18.9 Å². The van der Waals surface area contributed by atoms with Crippen LogP contribution in [-0.4, -0.2) is 37.9 Å². The molecule has 0 unspecified atom stereocenters. The Kier molecular flexibility index (Phi) is 3.25. The van der Waals surface area contributed by atoms with E-state index in [1.54, 1.807) is 0 Å². The summed E-state index contributed by atoms with van der Waals surface area (Å²) in [5, 5.41) is 0. The third-order valence-electron chi connectivity index (χ3n) is 2.32. The van der Waals surface area contributed by atoms with Gasteiger partial charge in [0.1, 0.15) is 0 Å². The first-order chi connectivity index (χ1) is 5.77.